The van der Waals surface area contributed by atoms with Gasteiger partial charge in [0.15, 0.2) is 17.2 Å². The maximum absolute atomic E-state index is 7.74. The summed E-state index contributed by atoms with van der Waals surface area (Å²) in [6.45, 7) is 2.70. The molecule has 0 aliphatic carbocycles. The van der Waals surface area contributed by atoms with Gasteiger partial charge in [-0.3, -0.25) is 4.90 Å². The van der Waals surface area contributed by atoms with Crippen LogP contribution in [-0.4, -0.2) is 61.0 Å². The number of nitrogens with two attached hydrogens (primary N) is 1. The van der Waals surface area contributed by atoms with E-state index in [0.29, 0.717) is 30.6 Å². The van der Waals surface area contributed by atoms with Crippen molar-refractivity contribution < 1.29 is 0 Å². The highest BCUT2D eigenvalue weighted by molar-refractivity contribution is 9.11. The van der Waals surface area contributed by atoms with Gasteiger partial charge in [0.1, 0.15) is 5.82 Å². The Morgan fingerprint density at radius 3 is 1.42 bits per heavy atom. The molecule has 9 nitrogen and oxygen atoms in total. The molecular formula is C42H30Br3N9S3. The van der Waals surface area contributed by atoms with Gasteiger partial charge in [-0.15, -0.1) is 34.0 Å². The zero-order valence-corrected chi connectivity index (χ0v) is 37.1. The lowest BCUT2D eigenvalue weighted by molar-refractivity contribution is 0.0630. The van der Waals surface area contributed by atoms with Gasteiger partial charge in [-0.25, -0.2) is 29.9 Å². The molecule has 1 fully saturated rings. The molecule has 0 radical (unpaired) electrons. The van der Waals surface area contributed by atoms with Crippen LogP contribution in [0, 0.1) is 0 Å². The van der Waals surface area contributed by atoms with E-state index in [-0.39, 0.29) is 0 Å². The van der Waals surface area contributed by atoms with Gasteiger partial charge in [-0.1, -0.05) is 54.6 Å². The molecule has 3 N–H and O–H groups in total. The smallest absolute Gasteiger partial charge is 0.164 e. The minimum absolute atomic E-state index is 0.425. The molecule has 1 aliphatic rings. The summed E-state index contributed by atoms with van der Waals surface area (Å²) in [6.07, 6.45) is 5.44. The standard InChI is InChI=1S/C42H30Br3N9S3/c43-26-20-48-39(51-35(26)32-17-23-7-1-4-10-29(23)55-32)38(46)42(54-15-13-47-14-16-54,40-49-21-27(44)36(52-40)33-18-24-8-2-5-11-30(24)56-33)41-50-22-28(45)37(53-41)34-19-25-9-3-6-12-31(25)57-34/h1-12,17-22,38,47H,13-16,46H2. The molecule has 15 heteroatoms. The highest BCUT2D eigenvalue weighted by Crippen LogP contribution is 2.46. The average Bonchev–Trinajstić information content (AvgIpc) is 4.00. The van der Waals surface area contributed by atoms with Gasteiger partial charge >= 0.3 is 0 Å². The quantitative estimate of drug-likeness (QED) is 0.153. The fourth-order valence-electron chi connectivity index (χ4n) is 7.51. The Kier molecular flexibility index (Phi) is 10.1. The van der Waals surface area contributed by atoms with E-state index in [9.17, 15) is 0 Å². The topological polar surface area (TPSA) is 119 Å². The Balaban J connectivity index is 1.23. The Morgan fingerprint density at radius 2 is 0.982 bits per heavy atom. The van der Waals surface area contributed by atoms with E-state index in [2.05, 4.69) is 143 Å². The number of thiophene rings is 3. The number of piperazine rings is 1. The summed E-state index contributed by atoms with van der Waals surface area (Å²) in [4.78, 5) is 36.7. The van der Waals surface area contributed by atoms with Gasteiger partial charge in [0.2, 0.25) is 0 Å². The molecule has 0 amide bonds. The lowest BCUT2D eigenvalue weighted by Gasteiger charge is -2.46. The van der Waals surface area contributed by atoms with E-state index in [1.165, 1.54) is 14.1 Å². The van der Waals surface area contributed by atoms with Crippen LogP contribution in [0.1, 0.15) is 23.5 Å². The summed E-state index contributed by atoms with van der Waals surface area (Å²) in [6, 6.07) is 30.7. The monoisotopic (exact) mass is 993 g/mol. The van der Waals surface area contributed by atoms with E-state index < -0.39 is 11.6 Å². The number of halogens is 3. The molecule has 1 unspecified atom stereocenters. The maximum Gasteiger partial charge on any atom is 0.164 e. The van der Waals surface area contributed by atoms with Gasteiger partial charge < -0.3 is 11.1 Å². The van der Waals surface area contributed by atoms with Crippen LogP contribution in [0.4, 0.5) is 0 Å². The molecule has 6 aromatic heterocycles. The average molecular weight is 997 g/mol. The molecule has 1 atom stereocenters. The summed E-state index contributed by atoms with van der Waals surface area (Å²) >= 11 is 16.5. The first kappa shape index (κ1) is 37.4. The highest BCUT2D eigenvalue weighted by Gasteiger charge is 2.53. The van der Waals surface area contributed by atoms with Gasteiger partial charge in [-0.05, 0) is 100 Å². The number of nitrogens with one attached hydrogen (secondary N) is 1. The maximum atomic E-state index is 7.74. The molecule has 1 aliphatic heterocycles. The second-order valence-corrected chi connectivity index (χ2v) is 19.4. The van der Waals surface area contributed by atoms with Crippen LogP contribution in [0.15, 0.2) is 123 Å². The van der Waals surface area contributed by atoms with Crippen LogP contribution in [-0.2, 0) is 5.54 Å². The van der Waals surface area contributed by atoms with E-state index in [1.807, 2.05) is 18.5 Å². The van der Waals surface area contributed by atoms with E-state index in [4.69, 9.17) is 35.6 Å². The van der Waals surface area contributed by atoms with Crippen molar-refractivity contribution in [1.82, 2.24) is 40.1 Å². The molecule has 0 spiro atoms. The summed E-state index contributed by atoms with van der Waals surface area (Å²) in [5.41, 5.74) is 8.71. The third kappa shape index (κ3) is 6.66. The number of nitrogens with zero attached hydrogens (tertiary/aromatic N) is 7. The molecule has 7 heterocycles. The predicted molar refractivity (Wildman–Crippen MR) is 244 cm³/mol. The largest absolute Gasteiger partial charge is 0.319 e. The number of hydrogen-bond acceptors (Lipinski definition) is 12. The van der Waals surface area contributed by atoms with E-state index in [0.717, 1.165) is 74.4 Å². The van der Waals surface area contributed by atoms with Crippen LogP contribution in [0.5, 0.6) is 0 Å². The Bertz CT molecular complexity index is 2740. The molecule has 0 saturated carbocycles. The first-order valence-corrected chi connectivity index (χ1v) is 23.0. The fourth-order valence-corrected chi connectivity index (χ4v) is 12.3. The molecule has 1 saturated heterocycles. The Hall–Kier alpha value is -3.90. The third-order valence-corrected chi connectivity index (χ3v) is 15.4. The minimum atomic E-state index is -1.31. The van der Waals surface area contributed by atoms with Crippen molar-refractivity contribution in [1.29, 1.82) is 0 Å². The van der Waals surface area contributed by atoms with Crippen molar-refractivity contribution >= 4 is 112 Å². The van der Waals surface area contributed by atoms with Crippen molar-refractivity contribution in [2.45, 2.75) is 11.6 Å². The van der Waals surface area contributed by atoms with Gasteiger partial charge in [-0.2, -0.15) is 0 Å². The summed E-state index contributed by atoms with van der Waals surface area (Å²) in [5, 5.41) is 6.98. The van der Waals surface area contributed by atoms with Gasteiger partial charge in [0, 0.05) is 58.9 Å². The van der Waals surface area contributed by atoms with Crippen LogP contribution < -0.4 is 11.1 Å². The molecule has 282 valence electrons. The number of hydrogen-bond donors (Lipinski definition) is 2. The second-order valence-electron chi connectivity index (χ2n) is 13.6. The van der Waals surface area contributed by atoms with Gasteiger partial charge in [0.25, 0.3) is 0 Å². The van der Waals surface area contributed by atoms with Crippen molar-refractivity contribution in [2.75, 3.05) is 26.2 Å². The predicted octanol–water partition coefficient (Wildman–Crippen LogP) is 10.8. The van der Waals surface area contributed by atoms with Gasteiger partial charge in [0.05, 0.1) is 51.2 Å². The van der Waals surface area contributed by atoms with Crippen molar-refractivity contribution in [3.63, 3.8) is 0 Å². The number of rotatable bonds is 8. The van der Waals surface area contributed by atoms with Crippen LogP contribution in [0.2, 0.25) is 0 Å². The summed E-state index contributed by atoms with van der Waals surface area (Å²) in [7, 11) is 0. The molecule has 57 heavy (non-hydrogen) atoms. The zero-order chi connectivity index (χ0) is 38.7. The molecule has 3 aromatic carbocycles. The molecule has 0 bridgehead atoms. The number of benzene rings is 3. The number of aromatic nitrogens is 6. The van der Waals surface area contributed by atoms with Crippen LogP contribution in [0.25, 0.3) is 62.0 Å². The van der Waals surface area contributed by atoms with Crippen LogP contribution >= 0.6 is 81.8 Å². The van der Waals surface area contributed by atoms with Crippen molar-refractivity contribution in [3.05, 3.63) is 140 Å². The van der Waals surface area contributed by atoms with E-state index in [1.54, 1.807) is 40.2 Å². The summed E-state index contributed by atoms with van der Waals surface area (Å²) < 4.78 is 5.84. The SMILES string of the molecule is NC(c1ncc(Br)c(-c2cc3ccccc3s2)n1)C(c1ncc(Br)c(-c2cc3ccccc3s2)n1)(c1ncc(Br)c(-c2cc3ccccc3s2)n1)N1CCNCC1. The van der Waals surface area contributed by atoms with Crippen molar-refractivity contribution in [2.24, 2.45) is 5.73 Å². The lowest BCUT2D eigenvalue weighted by Crippen LogP contribution is -2.61. The Morgan fingerprint density at radius 1 is 0.579 bits per heavy atom. The fraction of sp³-hybridized carbons (Fsp3) is 0.143. The third-order valence-electron chi connectivity index (χ3n) is 10.3. The normalized spacial score (nSPS) is 14.5. The number of fused-ring (bicyclic) bond motifs is 3. The first-order chi connectivity index (χ1) is 27.9. The zero-order valence-electron chi connectivity index (χ0n) is 29.9. The highest BCUT2D eigenvalue weighted by atomic mass is 79.9. The first-order valence-electron chi connectivity index (χ1n) is 18.1. The van der Waals surface area contributed by atoms with Crippen molar-refractivity contribution in [3.8, 4) is 31.7 Å². The summed E-state index contributed by atoms with van der Waals surface area (Å²) in [5.74, 6) is 1.35. The van der Waals surface area contributed by atoms with Crippen LogP contribution in [0.3, 0.4) is 0 Å². The Labute approximate surface area is 364 Å². The lowest BCUT2D eigenvalue weighted by atomic mass is 9.84. The second kappa shape index (κ2) is 15.4. The molecule has 10 rings (SSSR count). The molecular weight excluding hydrogens is 966 g/mol. The van der Waals surface area contributed by atoms with E-state index >= 15 is 0 Å². The minimum Gasteiger partial charge on any atom is -0.319 e. The molecule has 9 aromatic rings.